The van der Waals surface area contributed by atoms with Gasteiger partial charge in [0.05, 0.1) is 5.56 Å². The topological polar surface area (TPSA) is 23.1 Å². The average Bonchev–Trinajstić information content (AvgIpc) is 1.92. The van der Waals surface area contributed by atoms with E-state index >= 15 is 0 Å². The van der Waals surface area contributed by atoms with Crippen LogP contribution in [0.5, 0.6) is 5.75 Å². The van der Waals surface area contributed by atoms with Gasteiger partial charge in [-0.2, -0.15) is 13.2 Å². The summed E-state index contributed by atoms with van der Waals surface area (Å²) in [4.78, 5) is 0. The van der Waals surface area contributed by atoms with Crippen molar-refractivity contribution < 1.29 is 18.3 Å². The Morgan fingerprint density at radius 2 is 1.83 bits per heavy atom. The van der Waals surface area contributed by atoms with Gasteiger partial charge >= 0.3 is 6.18 Å². The van der Waals surface area contributed by atoms with Crippen LogP contribution in [0.2, 0.25) is 0 Å². The van der Waals surface area contributed by atoms with Gasteiger partial charge in [-0.05, 0) is 13.0 Å². The molecule has 0 aliphatic heterocycles. The largest absolute Gasteiger partial charge is 0.872 e. The molecule has 0 N–H and O–H groups in total. The van der Waals surface area contributed by atoms with Gasteiger partial charge < -0.3 is 5.11 Å². The van der Waals surface area contributed by atoms with Gasteiger partial charge in [0, 0.05) is 0 Å². The lowest BCUT2D eigenvalue weighted by atomic mass is 10.1. The van der Waals surface area contributed by atoms with Crippen molar-refractivity contribution in [2.24, 2.45) is 0 Å². The summed E-state index contributed by atoms with van der Waals surface area (Å²) in [6.07, 6.45) is -4.36. The van der Waals surface area contributed by atoms with Crippen LogP contribution in [0, 0.1) is 6.92 Å². The summed E-state index contributed by atoms with van der Waals surface area (Å²) in [5, 5.41) is 10.7. The van der Waals surface area contributed by atoms with E-state index in [0.29, 0.717) is 0 Å². The van der Waals surface area contributed by atoms with E-state index < -0.39 is 11.7 Å². The molecule has 4 heteroatoms. The summed E-state index contributed by atoms with van der Waals surface area (Å²) in [7, 11) is 0. The molecule has 1 aromatic carbocycles. The van der Waals surface area contributed by atoms with E-state index in [0.717, 1.165) is 18.2 Å². The van der Waals surface area contributed by atoms with Gasteiger partial charge in [0.15, 0.2) is 0 Å². The number of hydrogen-bond donors (Lipinski definition) is 0. The van der Waals surface area contributed by atoms with Crippen molar-refractivity contribution in [1.29, 1.82) is 0 Å². The Hall–Kier alpha value is -1.19. The van der Waals surface area contributed by atoms with Crippen molar-refractivity contribution in [3.8, 4) is 5.75 Å². The lowest BCUT2D eigenvalue weighted by Crippen LogP contribution is -2.06. The maximum Gasteiger partial charge on any atom is 0.416 e. The van der Waals surface area contributed by atoms with E-state index in [1.54, 1.807) is 0 Å². The molecule has 1 nitrogen and oxygen atoms in total. The molecular formula is C8H6F3O-. The molecule has 0 heterocycles. The number of hydrogen-bond acceptors (Lipinski definition) is 1. The Morgan fingerprint density at radius 3 is 2.25 bits per heavy atom. The van der Waals surface area contributed by atoms with Gasteiger partial charge in [-0.1, -0.05) is 17.7 Å². The van der Waals surface area contributed by atoms with Gasteiger partial charge in [0.2, 0.25) is 0 Å². The Labute approximate surface area is 67.5 Å². The van der Waals surface area contributed by atoms with E-state index in [4.69, 9.17) is 0 Å². The fourth-order valence-corrected chi connectivity index (χ4v) is 0.826. The van der Waals surface area contributed by atoms with Crippen molar-refractivity contribution >= 4 is 0 Å². The van der Waals surface area contributed by atoms with Crippen LogP contribution >= 0.6 is 0 Å². The number of rotatable bonds is 0. The van der Waals surface area contributed by atoms with Crippen LogP contribution in [0.4, 0.5) is 13.2 Å². The van der Waals surface area contributed by atoms with Gasteiger partial charge in [0.1, 0.15) is 0 Å². The summed E-state index contributed by atoms with van der Waals surface area (Å²) in [5.41, 5.74) is -0.663. The highest BCUT2D eigenvalue weighted by Crippen LogP contribution is 2.30. The number of halogens is 3. The summed E-state index contributed by atoms with van der Waals surface area (Å²) < 4.78 is 36.0. The Kier molecular flexibility index (Phi) is 2.00. The molecule has 12 heavy (non-hydrogen) atoms. The smallest absolute Gasteiger partial charge is 0.416 e. The molecule has 1 rings (SSSR count). The first kappa shape index (κ1) is 8.90. The molecule has 0 aliphatic rings. The third-order valence-electron chi connectivity index (χ3n) is 1.50. The molecule has 0 aromatic heterocycles. The van der Waals surface area contributed by atoms with Crippen LogP contribution in [0.15, 0.2) is 18.2 Å². The predicted molar refractivity (Wildman–Crippen MR) is 35.6 cm³/mol. The highest BCUT2D eigenvalue weighted by atomic mass is 19.4. The first-order valence-corrected chi connectivity index (χ1v) is 3.26. The molecule has 0 spiro atoms. The standard InChI is InChI=1S/C8H7F3O/c1-5-4-6(8(9,10)11)2-3-7(5)12/h2-4,12H,1H3/p-1. The second kappa shape index (κ2) is 2.69. The van der Waals surface area contributed by atoms with Gasteiger partial charge in [0.25, 0.3) is 0 Å². The molecule has 0 amide bonds. The van der Waals surface area contributed by atoms with Crippen LogP contribution in [0.3, 0.4) is 0 Å². The number of aryl methyl sites for hydroxylation is 1. The van der Waals surface area contributed by atoms with E-state index in [-0.39, 0.29) is 11.3 Å². The highest BCUT2D eigenvalue weighted by molar-refractivity contribution is 5.35. The maximum absolute atomic E-state index is 12.0. The zero-order valence-electron chi connectivity index (χ0n) is 6.27. The van der Waals surface area contributed by atoms with Crippen LogP contribution in [0.1, 0.15) is 11.1 Å². The quantitative estimate of drug-likeness (QED) is 0.592. The van der Waals surface area contributed by atoms with Gasteiger partial charge in [-0.25, -0.2) is 0 Å². The van der Waals surface area contributed by atoms with E-state index in [2.05, 4.69) is 0 Å². The third-order valence-corrected chi connectivity index (χ3v) is 1.50. The second-order valence-electron chi connectivity index (χ2n) is 2.48. The van der Waals surface area contributed by atoms with Crippen molar-refractivity contribution in [2.75, 3.05) is 0 Å². The Bertz CT molecular complexity index is 291. The highest BCUT2D eigenvalue weighted by Gasteiger charge is 2.30. The zero-order valence-corrected chi connectivity index (χ0v) is 6.27. The first-order chi connectivity index (χ1) is 5.41. The third kappa shape index (κ3) is 1.69. The molecule has 0 bridgehead atoms. The SMILES string of the molecule is Cc1cc(C(F)(F)F)ccc1[O-]. The number of alkyl halides is 3. The Morgan fingerprint density at radius 1 is 1.25 bits per heavy atom. The van der Waals surface area contributed by atoms with Crippen molar-refractivity contribution in [3.63, 3.8) is 0 Å². The molecule has 66 valence electrons. The molecule has 0 radical (unpaired) electrons. The van der Waals surface area contributed by atoms with Crippen molar-refractivity contribution in [1.82, 2.24) is 0 Å². The monoisotopic (exact) mass is 175 g/mol. The summed E-state index contributed by atoms with van der Waals surface area (Å²) in [6, 6.07) is 2.57. The second-order valence-corrected chi connectivity index (χ2v) is 2.48. The summed E-state index contributed by atoms with van der Waals surface area (Å²) in [6.45, 7) is 1.36. The minimum Gasteiger partial charge on any atom is -0.872 e. The molecule has 0 aliphatic carbocycles. The molecule has 0 atom stereocenters. The van der Waals surface area contributed by atoms with Crippen LogP contribution in [0.25, 0.3) is 0 Å². The lowest BCUT2D eigenvalue weighted by molar-refractivity contribution is -0.269. The minimum absolute atomic E-state index is 0.116. The zero-order chi connectivity index (χ0) is 9.35. The molecule has 0 unspecified atom stereocenters. The summed E-state index contributed by atoms with van der Waals surface area (Å²) in [5.74, 6) is -0.372. The lowest BCUT2D eigenvalue weighted by Gasteiger charge is -2.12. The van der Waals surface area contributed by atoms with E-state index in [9.17, 15) is 18.3 Å². The van der Waals surface area contributed by atoms with Crippen molar-refractivity contribution in [2.45, 2.75) is 13.1 Å². The average molecular weight is 175 g/mol. The van der Waals surface area contributed by atoms with Crippen LogP contribution < -0.4 is 5.11 Å². The summed E-state index contributed by atoms with van der Waals surface area (Å²) >= 11 is 0. The maximum atomic E-state index is 12.0. The predicted octanol–water partition coefficient (Wildman–Crippen LogP) is 2.09. The molecule has 0 saturated heterocycles. The van der Waals surface area contributed by atoms with Crippen LogP contribution in [-0.4, -0.2) is 0 Å². The van der Waals surface area contributed by atoms with Crippen LogP contribution in [-0.2, 0) is 6.18 Å². The van der Waals surface area contributed by atoms with Gasteiger partial charge in [-0.3, -0.25) is 0 Å². The number of benzene rings is 1. The van der Waals surface area contributed by atoms with E-state index in [1.165, 1.54) is 6.92 Å². The normalized spacial score (nSPS) is 11.7. The first-order valence-electron chi connectivity index (χ1n) is 3.26. The molecule has 1 aromatic rings. The fourth-order valence-electron chi connectivity index (χ4n) is 0.826. The molecule has 0 fully saturated rings. The van der Waals surface area contributed by atoms with E-state index in [1.807, 2.05) is 0 Å². The minimum atomic E-state index is -4.36. The fraction of sp³-hybridized carbons (Fsp3) is 0.250. The molecular weight excluding hydrogens is 169 g/mol. The van der Waals surface area contributed by atoms with Crippen molar-refractivity contribution in [3.05, 3.63) is 29.3 Å². The van der Waals surface area contributed by atoms with Gasteiger partial charge in [-0.15, -0.1) is 5.75 Å². The Balaban J connectivity index is 3.14. The molecule has 0 saturated carbocycles.